The summed E-state index contributed by atoms with van der Waals surface area (Å²) in [6.07, 6.45) is -0.884. The number of carbonyl (C=O) groups excluding carboxylic acids is 1. The number of aliphatic hydroxyl groups excluding tert-OH is 1. The van der Waals surface area contributed by atoms with Gasteiger partial charge in [0.2, 0.25) is 0 Å². The van der Waals surface area contributed by atoms with Crippen molar-refractivity contribution < 1.29 is 23.8 Å². The van der Waals surface area contributed by atoms with E-state index in [1.807, 2.05) is 24.3 Å². The third kappa shape index (κ3) is 3.47. The van der Waals surface area contributed by atoms with Crippen molar-refractivity contribution in [3.8, 4) is 0 Å². The smallest absolute Gasteiger partial charge is 0.351 e. The fraction of sp³-hybridized carbons (Fsp3) is 0.235. The number of nitrogens with one attached hydrogen (secondary N) is 1. The van der Waals surface area contributed by atoms with E-state index in [-0.39, 0.29) is 13.2 Å². The minimum atomic E-state index is -0.899. The zero-order chi connectivity index (χ0) is 19.0. The summed E-state index contributed by atoms with van der Waals surface area (Å²) in [5.41, 5.74) is -0.810. The van der Waals surface area contributed by atoms with Gasteiger partial charge < -0.3 is 19.9 Å². The van der Waals surface area contributed by atoms with Gasteiger partial charge in [0, 0.05) is 4.70 Å². The van der Waals surface area contributed by atoms with Crippen molar-refractivity contribution >= 4 is 33.1 Å². The predicted molar refractivity (Wildman–Crippen MR) is 95.2 cm³/mol. The number of ether oxygens (including phenoxy) is 2. The minimum Gasteiger partial charge on any atom is -0.391 e. The lowest BCUT2D eigenvalue weighted by Crippen LogP contribution is -2.30. The highest BCUT2D eigenvalue weighted by Crippen LogP contribution is 2.26. The van der Waals surface area contributed by atoms with E-state index in [0.717, 1.165) is 20.9 Å². The van der Waals surface area contributed by atoms with Crippen molar-refractivity contribution in [2.24, 2.45) is 0 Å². The zero-order valence-electron chi connectivity index (χ0n) is 13.8. The number of benzene rings is 1. The maximum absolute atomic E-state index is 14.4. The molecule has 27 heavy (non-hydrogen) atoms. The highest BCUT2D eigenvalue weighted by atomic mass is 32.1. The molecule has 3 heterocycles. The number of halogens is 1. The second kappa shape index (κ2) is 7.16. The molecule has 1 aliphatic rings. The van der Waals surface area contributed by atoms with E-state index in [1.165, 1.54) is 11.3 Å². The Morgan fingerprint density at radius 2 is 2.26 bits per heavy atom. The summed E-state index contributed by atoms with van der Waals surface area (Å²) in [6, 6.07) is 9.14. The Balaban J connectivity index is 1.56. The molecule has 0 aliphatic carbocycles. The normalized spacial score (nSPS) is 19.5. The number of fused-ring (bicyclic) bond motifs is 1. The van der Waals surface area contributed by atoms with Crippen LogP contribution >= 0.6 is 11.3 Å². The van der Waals surface area contributed by atoms with Crippen LogP contribution in [0.25, 0.3) is 10.1 Å². The summed E-state index contributed by atoms with van der Waals surface area (Å²) >= 11 is 1.26. The molecule has 1 aliphatic heterocycles. The molecule has 10 heteroatoms. The van der Waals surface area contributed by atoms with Crippen LogP contribution in [0.3, 0.4) is 0 Å². The number of aromatic nitrogens is 2. The Kier molecular flexibility index (Phi) is 4.70. The minimum absolute atomic E-state index is 0.0280. The average Bonchev–Trinajstić information content (AvgIpc) is 3.31. The van der Waals surface area contributed by atoms with E-state index in [2.05, 4.69) is 10.3 Å². The summed E-state index contributed by atoms with van der Waals surface area (Å²) < 4.78 is 26.6. The van der Waals surface area contributed by atoms with Gasteiger partial charge in [-0.1, -0.05) is 18.2 Å². The summed E-state index contributed by atoms with van der Waals surface area (Å²) in [6.45, 7) is -0.412. The largest absolute Gasteiger partial charge is 0.391 e. The molecule has 0 spiro atoms. The predicted octanol–water partition coefficient (Wildman–Crippen LogP) is 1.71. The van der Waals surface area contributed by atoms with Crippen LogP contribution in [0.2, 0.25) is 0 Å². The van der Waals surface area contributed by atoms with Crippen molar-refractivity contribution in [2.75, 3.05) is 18.5 Å². The summed E-state index contributed by atoms with van der Waals surface area (Å²) in [7, 11) is 0. The fourth-order valence-electron chi connectivity index (χ4n) is 2.69. The van der Waals surface area contributed by atoms with E-state index < -0.39 is 35.7 Å². The zero-order valence-corrected chi connectivity index (χ0v) is 14.6. The molecule has 3 aromatic rings. The van der Waals surface area contributed by atoms with Gasteiger partial charge in [-0.05, 0) is 17.5 Å². The monoisotopic (exact) mass is 391 g/mol. The Bertz CT molecular complexity index is 1030. The highest BCUT2D eigenvalue weighted by molar-refractivity contribution is 7.20. The maximum Gasteiger partial charge on any atom is 0.351 e. The first-order valence-electron chi connectivity index (χ1n) is 8.01. The van der Waals surface area contributed by atoms with Crippen LogP contribution in [0.15, 0.2) is 41.3 Å². The molecule has 1 fully saturated rings. The molecule has 2 atom stereocenters. The second-order valence-corrected chi connectivity index (χ2v) is 6.85. The van der Waals surface area contributed by atoms with Crippen LogP contribution in [0, 0.1) is 5.82 Å². The average molecular weight is 391 g/mol. The number of hydrogen-bond acceptors (Lipinski definition) is 7. The van der Waals surface area contributed by atoms with Crippen molar-refractivity contribution in [3.05, 3.63) is 57.7 Å². The first-order valence-corrected chi connectivity index (χ1v) is 8.83. The number of amides is 1. The molecule has 0 radical (unpaired) electrons. The van der Waals surface area contributed by atoms with Crippen LogP contribution in [0.4, 0.5) is 10.2 Å². The molecule has 2 N–H and O–H groups in total. The van der Waals surface area contributed by atoms with Gasteiger partial charge in [-0.2, -0.15) is 4.98 Å². The number of thiophene rings is 1. The van der Waals surface area contributed by atoms with Crippen molar-refractivity contribution in [3.63, 3.8) is 0 Å². The third-order valence-corrected chi connectivity index (χ3v) is 5.10. The molecule has 0 unspecified atom stereocenters. The molecular weight excluding hydrogens is 377 g/mol. The number of hydrogen-bond donors (Lipinski definition) is 2. The summed E-state index contributed by atoms with van der Waals surface area (Å²) in [5, 5.41) is 12.2. The maximum atomic E-state index is 14.4. The summed E-state index contributed by atoms with van der Waals surface area (Å²) in [4.78, 5) is 28.5. The van der Waals surface area contributed by atoms with Crippen molar-refractivity contribution in [1.29, 1.82) is 0 Å². The van der Waals surface area contributed by atoms with Gasteiger partial charge in [-0.3, -0.25) is 9.36 Å². The van der Waals surface area contributed by atoms with E-state index in [1.54, 1.807) is 6.07 Å². The molecule has 2 aromatic heterocycles. The van der Waals surface area contributed by atoms with Crippen LogP contribution in [0.5, 0.6) is 0 Å². The molecule has 140 valence electrons. The van der Waals surface area contributed by atoms with Crippen LogP contribution in [-0.2, 0) is 9.47 Å². The Labute approximate surface area is 155 Å². The van der Waals surface area contributed by atoms with Crippen molar-refractivity contribution in [2.45, 2.75) is 12.5 Å². The molecule has 1 aromatic carbocycles. The standard InChI is InChI=1S/C17H14FN3O5S/c18-10-6-21(13-8-25-14(7-22)26-13)17(24)20-15(10)19-16(23)12-5-9-3-1-2-4-11(9)27-12/h1-6,13-14,22H,7-8H2,(H,19,20,23,24)/t13-,14-/m1/s1. The molecule has 0 bridgehead atoms. The quantitative estimate of drug-likeness (QED) is 0.702. The SMILES string of the molecule is O=C(Nc1nc(=O)n([C@H]2CO[C@@H](CO)O2)cc1F)c1cc2ccccc2s1. The first-order chi connectivity index (χ1) is 13.0. The van der Waals surface area contributed by atoms with Crippen LogP contribution in [0.1, 0.15) is 15.9 Å². The lowest BCUT2D eigenvalue weighted by molar-refractivity contribution is -0.0993. The van der Waals surface area contributed by atoms with Gasteiger partial charge in [-0.25, -0.2) is 9.18 Å². The fourth-order valence-corrected chi connectivity index (χ4v) is 3.65. The number of nitrogens with zero attached hydrogens (tertiary/aromatic N) is 2. The van der Waals surface area contributed by atoms with Gasteiger partial charge in [0.05, 0.1) is 24.3 Å². The summed E-state index contributed by atoms with van der Waals surface area (Å²) in [5.74, 6) is -1.91. The molecule has 1 amide bonds. The first kappa shape index (κ1) is 17.7. The van der Waals surface area contributed by atoms with E-state index in [9.17, 15) is 14.0 Å². The second-order valence-electron chi connectivity index (χ2n) is 5.77. The lowest BCUT2D eigenvalue weighted by Gasteiger charge is -2.13. The Morgan fingerprint density at radius 3 is 3.00 bits per heavy atom. The molecule has 4 rings (SSSR count). The Hall–Kier alpha value is -2.66. The van der Waals surface area contributed by atoms with E-state index in [0.29, 0.717) is 4.88 Å². The number of carbonyl (C=O) groups is 1. The highest BCUT2D eigenvalue weighted by Gasteiger charge is 2.28. The number of aliphatic hydroxyl groups is 1. The molecule has 0 saturated carbocycles. The lowest BCUT2D eigenvalue weighted by atomic mass is 10.2. The van der Waals surface area contributed by atoms with Gasteiger partial charge in [-0.15, -0.1) is 11.3 Å². The van der Waals surface area contributed by atoms with Crippen LogP contribution in [-0.4, -0.2) is 40.1 Å². The van der Waals surface area contributed by atoms with Gasteiger partial charge in [0.25, 0.3) is 5.91 Å². The van der Waals surface area contributed by atoms with Crippen molar-refractivity contribution in [1.82, 2.24) is 9.55 Å². The van der Waals surface area contributed by atoms with Gasteiger partial charge in [0.15, 0.2) is 24.2 Å². The molecule has 8 nitrogen and oxygen atoms in total. The number of anilines is 1. The number of rotatable bonds is 4. The van der Waals surface area contributed by atoms with E-state index >= 15 is 0 Å². The van der Waals surface area contributed by atoms with Gasteiger partial charge >= 0.3 is 5.69 Å². The van der Waals surface area contributed by atoms with E-state index in [4.69, 9.17) is 14.6 Å². The van der Waals surface area contributed by atoms with Gasteiger partial charge in [0.1, 0.15) is 0 Å². The Morgan fingerprint density at radius 1 is 1.44 bits per heavy atom. The topological polar surface area (TPSA) is 103 Å². The van der Waals surface area contributed by atoms with Crippen LogP contribution < -0.4 is 11.0 Å². The third-order valence-electron chi connectivity index (χ3n) is 3.98. The molecule has 1 saturated heterocycles. The molecular formula is C17H14FN3O5S.